The first-order valence-corrected chi connectivity index (χ1v) is 10.7. The van der Waals surface area contributed by atoms with Crippen LogP contribution in [0.2, 0.25) is 0 Å². The highest BCUT2D eigenvalue weighted by Gasteiger charge is 2.28. The Balaban J connectivity index is 1.64. The molecule has 1 aromatic carbocycles. The zero-order valence-corrected chi connectivity index (χ0v) is 17.1. The van der Waals surface area contributed by atoms with E-state index >= 15 is 0 Å². The van der Waals surface area contributed by atoms with E-state index in [0.29, 0.717) is 40.4 Å². The van der Waals surface area contributed by atoms with Crippen molar-refractivity contribution in [1.82, 2.24) is 9.62 Å². The number of halogens is 2. The summed E-state index contributed by atoms with van der Waals surface area (Å²) in [6, 6.07) is 6.43. The third-order valence-corrected chi connectivity index (χ3v) is 7.06. The van der Waals surface area contributed by atoms with Gasteiger partial charge in [-0.15, -0.1) is 0 Å². The molecule has 1 aromatic heterocycles. The predicted octanol–water partition coefficient (Wildman–Crippen LogP) is 3.39. The minimum Gasteiger partial charge on any atom is -0.472 e. The van der Waals surface area contributed by atoms with Crippen molar-refractivity contribution in [1.29, 1.82) is 0 Å². The molecule has 1 amide bonds. The van der Waals surface area contributed by atoms with Crippen molar-refractivity contribution in [2.24, 2.45) is 0 Å². The van der Waals surface area contributed by atoms with Crippen molar-refractivity contribution >= 4 is 47.8 Å². The van der Waals surface area contributed by atoms with E-state index in [9.17, 15) is 13.2 Å². The summed E-state index contributed by atoms with van der Waals surface area (Å²) >= 11 is 6.57. The monoisotopic (exact) mass is 490 g/mol. The van der Waals surface area contributed by atoms with E-state index in [1.54, 1.807) is 29.2 Å². The van der Waals surface area contributed by atoms with Crippen LogP contribution in [-0.2, 0) is 10.0 Å². The highest BCUT2D eigenvalue weighted by molar-refractivity contribution is 9.11. The Kier molecular flexibility index (Phi) is 5.67. The number of carbonyl (C=O) groups excluding carboxylic acids is 1. The fourth-order valence-corrected chi connectivity index (χ4v) is 5.54. The van der Waals surface area contributed by atoms with E-state index in [1.165, 1.54) is 12.5 Å². The van der Waals surface area contributed by atoms with Crippen molar-refractivity contribution < 1.29 is 17.6 Å². The van der Waals surface area contributed by atoms with Crippen molar-refractivity contribution in [2.45, 2.75) is 23.8 Å². The molecule has 0 saturated carbocycles. The average molecular weight is 492 g/mol. The molecule has 0 radical (unpaired) electrons. The standard InChI is InChI=1S/C16H16Br2N2O4S/c17-12-1-2-14(18)15(9-12)25(22,23)19-13-3-6-20(7-4-13)16(21)11-5-8-24-10-11/h1-2,5,8-10,13,19H,3-4,6-7H2. The van der Waals surface area contributed by atoms with Crippen LogP contribution in [0.4, 0.5) is 0 Å². The number of nitrogens with zero attached hydrogens (tertiary/aromatic N) is 1. The SMILES string of the molecule is O=C(c1ccoc1)N1CCC(NS(=O)(=O)c2cc(Br)ccc2Br)CC1. The van der Waals surface area contributed by atoms with Gasteiger partial charge in [-0.3, -0.25) is 4.79 Å². The van der Waals surface area contributed by atoms with Crippen LogP contribution in [0.25, 0.3) is 0 Å². The third-order valence-electron chi connectivity index (χ3n) is 4.05. The van der Waals surface area contributed by atoms with E-state index in [-0.39, 0.29) is 16.8 Å². The van der Waals surface area contributed by atoms with Gasteiger partial charge in [0.05, 0.1) is 16.7 Å². The van der Waals surface area contributed by atoms with E-state index < -0.39 is 10.0 Å². The minimum atomic E-state index is -3.64. The fraction of sp³-hybridized carbons (Fsp3) is 0.312. The van der Waals surface area contributed by atoms with Crippen LogP contribution >= 0.6 is 31.9 Å². The summed E-state index contributed by atoms with van der Waals surface area (Å²) in [5.41, 5.74) is 0.511. The quantitative estimate of drug-likeness (QED) is 0.710. The van der Waals surface area contributed by atoms with Gasteiger partial charge >= 0.3 is 0 Å². The summed E-state index contributed by atoms with van der Waals surface area (Å²) in [5.74, 6) is -0.0928. The lowest BCUT2D eigenvalue weighted by Gasteiger charge is -2.32. The number of benzene rings is 1. The summed E-state index contributed by atoms with van der Waals surface area (Å²) in [5, 5.41) is 0. The Morgan fingerprint density at radius 2 is 1.92 bits per heavy atom. The van der Waals surface area contributed by atoms with Crippen LogP contribution in [-0.4, -0.2) is 38.4 Å². The van der Waals surface area contributed by atoms with Crippen molar-refractivity contribution in [3.05, 3.63) is 51.3 Å². The van der Waals surface area contributed by atoms with Gasteiger partial charge in [0.25, 0.3) is 5.91 Å². The molecule has 2 aromatic rings. The summed E-state index contributed by atoms with van der Waals surface area (Å²) in [4.78, 5) is 14.2. The molecule has 1 aliphatic rings. The third kappa shape index (κ3) is 4.33. The molecule has 134 valence electrons. The fourth-order valence-electron chi connectivity index (χ4n) is 2.74. The molecule has 1 saturated heterocycles. The Bertz CT molecular complexity index is 860. The van der Waals surface area contributed by atoms with Gasteiger partial charge in [-0.1, -0.05) is 15.9 Å². The Morgan fingerprint density at radius 1 is 1.20 bits per heavy atom. The average Bonchev–Trinajstić information content (AvgIpc) is 3.11. The van der Waals surface area contributed by atoms with Gasteiger partial charge in [0.2, 0.25) is 10.0 Å². The maximum absolute atomic E-state index is 12.6. The van der Waals surface area contributed by atoms with Gasteiger partial charge in [0.1, 0.15) is 6.26 Å². The molecule has 0 bridgehead atoms. The van der Waals surface area contributed by atoms with E-state index in [4.69, 9.17) is 4.42 Å². The highest BCUT2D eigenvalue weighted by atomic mass is 79.9. The summed E-state index contributed by atoms with van der Waals surface area (Å²) in [6.07, 6.45) is 4.01. The van der Waals surface area contributed by atoms with E-state index in [2.05, 4.69) is 36.6 Å². The van der Waals surface area contributed by atoms with Crippen LogP contribution in [0.1, 0.15) is 23.2 Å². The van der Waals surface area contributed by atoms with Crippen molar-refractivity contribution in [2.75, 3.05) is 13.1 Å². The molecule has 25 heavy (non-hydrogen) atoms. The van der Waals surface area contributed by atoms with Gasteiger partial charge in [0, 0.05) is 28.1 Å². The Hall–Kier alpha value is -1.16. The Labute approximate surface area is 162 Å². The van der Waals surface area contributed by atoms with Gasteiger partial charge in [-0.25, -0.2) is 13.1 Å². The lowest BCUT2D eigenvalue weighted by Crippen LogP contribution is -2.46. The first kappa shape index (κ1) is 18.6. The first-order chi connectivity index (χ1) is 11.9. The van der Waals surface area contributed by atoms with Crippen LogP contribution in [0.15, 0.2) is 55.0 Å². The molecular formula is C16H16Br2N2O4S. The predicted molar refractivity (Wildman–Crippen MR) is 99.8 cm³/mol. The molecule has 6 nitrogen and oxygen atoms in total. The second-order valence-corrected chi connectivity index (χ2v) is 9.23. The number of hydrogen-bond acceptors (Lipinski definition) is 4. The van der Waals surface area contributed by atoms with Gasteiger partial charge < -0.3 is 9.32 Å². The van der Waals surface area contributed by atoms with Crippen LogP contribution < -0.4 is 4.72 Å². The largest absolute Gasteiger partial charge is 0.472 e. The van der Waals surface area contributed by atoms with Crippen molar-refractivity contribution in [3.8, 4) is 0 Å². The maximum atomic E-state index is 12.6. The maximum Gasteiger partial charge on any atom is 0.257 e. The molecule has 0 unspecified atom stereocenters. The second-order valence-electron chi connectivity index (χ2n) is 5.77. The molecule has 1 aliphatic heterocycles. The molecule has 1 N–H and O–H groups in total. The van der Waals surface area contributed by atoms with Gasteiger partial charge in [0.15, 0.2) is 0 Å². The number of furan rings is 1. The molecule has 3 rings (SSSR count). The molecular weight excluding hydrogens is 476 g/mol. The number of sulfonamides is 1. The topological polar surface area (TPSA) is 79.6 Å². The summed E-state index contributed by atoms with van der Waals surface area (Å²) in [6.45, 7) is 0.994. The minimum absolute atomic E-state index is 0.0928. The van der Waals surface area contributed by atoms with Crippen LogP contribution in [0.5, 0.6) is 0 Å². The zero-order valence-electron chi connectivity index (χ0n) is 13.1. The molecule has 0 aliphatic carbocycles. The smallest absolute Gasteiger partial charge is 0.257 e. The molecule has 9 heteroatoms. The number of piperidine rings is 1. The molecule has 1 fully saturated rings. The van der Waals surface area contributed by atoms with E-state index in [1.807, 2.05) is 0 Å². The number of carbonyl (C=O) groups is 1. The number of nitrogens with one attached hydrogen (secondary N) is 1. The highest BCUT2D eigenvalue weighted by Crippen LogP contribution is 2.26. The number of hydrogen-bond donors (Lipinski definition) is 1. The number of amides is 1. The zero-order chi connectivity index (χ0) is 18.0. The Morgan fingerprint density at radius 3 is 2.56 bits per heavy atom. The normalized spacial score (nSPS) is 16.2. The number of rotatable bonds is 4. The molecule has 0 spiro atoms. The first-order valence-electron chi connectivity index (χ1n) is 7.66. The van der Waals surface area contributed by atoms with Crippen LogP contribution in [0.3, 0.4) is 0 Å². The second kappa shape index (κ2) is 7.61. The summed E-state index contributed by atoms with van der Waals surface area (Å²) in [7, 11) is -3.64. The molecule has 0 atom stereocenters. The summed E-state index contributed by atoms with van der Waals surface area (Å²) < 4.78 is 34.1. The number of likely N-dealkylation sites (tertiary alicyclic amines) is 1. The molecule has 2 heterocycles. The van der Waals surface area contributed by atoms with Gasteiger partial charge in [-0.05, 0) is 53.0 Å². The van der Waals surface area contributed by atoms with Crippen molar-refractivity contribution in [3.63, 3.8) is 0 Å². The lowest BCUT2D eigenvalue weighted by atomic mass is 10.1. The lowest BCUT2D eigenvalue weighted by molar-refractivity contribution is 0.0710. The van der Waals surface area contributed by atoms with Gasteiger partial charge in [-0.2, -0.15) is 0 Å². The van der Waals surface area contributed by atoms with Crippen LogP contribution in [0, 0.1) is 0 Å². The van der Waals surface area contributed by atoms with E-state index in [0.717, 1.165) is 0 Å².